The summed E-state index contributed by atoms with van der Waals surface area (Å²) in [4.78, 5) is 34.3. The van der Waals surface area contributed by atoms with Crippen LogP contribution >= 0.6 is 0 Å². The Morgan fingerprint density at radius 2 is 1.70 bits per heavy atom. The number of amides is 1. The lowest BCUT2D eigenvalue weighted by Crippen LogP contribution is -2.42. The average molecular weight is 446 g/mol. The molecule has 33 heavy (non-hydrogen) atoms. The van der Waals surface area contributed by atoms with E-state index in [1.54, 1.807) is 4.57 Å². The molecule has 1 amide bonds. The number of hydrogen-bond acceptors (Lipinski definition) is 3. The molecule has 174 valence electrons. The lowest BCUT2D eigenvalue weighted by molar-refractivity contribution is -0.139. The van der Waals surface area contributed by atoms with Crippen LogP contribution in [0, 0.1) is 18.8 Å². The summed E-state index contributed by atoms with van der Waals surface area (Å²) in [5.41, 5.74) is 2.48. The van der Waals surface area contributed by atoms with Crippen LogP contribution in [0.5, 0.6) is 0 Å². The smallest absolute Gasteiger partial charge is 0.266 e. The molecule has 0 N–H and O–H groups in total. The fourth-order valence-electron chi connectivity index (χ4n) is 4.93. The fourth-order valence-corrected chi connectivity index (χ4v) is 4.93. The molecule has 0 radical (unpaired) electrons. The van der Waals surface area contributed by atoms with E-state index < -0.39 is 0 Å². The van der Waals surface area contributed by atoms with E-state index in [0.717, 1.165) is 36.9 Å². The zero-order chi connectivity index (χ0) is 23.5. The van der Waals surface area contributed by atoms with Gasteiger partial charge in [-0.3, -0.25) is 14.2 Å². The van der Waals surface area contributed by atoms with Crippen molar-refractivity contribution >= 4 is 16.8 Å². The highest BCUT2D eigenvalue weighted by Crippen LogP contribution is 2.30. The Labute approximate surface area is 196 Å². The van der Waals surface area contributed by atoms with Crippen LogP contribution in [0.2, 0.25) is 0 Å². The number of carbonyl (C=O) groups is 1. The van der Waals surface area contributed by atoms with Crippen molar-refractivity contribution in [1.29, 1.82) is 0 Å². The van der Waals surface area contributed by atoms with Gasteiger partial charge in [0.15, 0.2) is 0 Å². The van der Waals surface area contributed by atoms with Crippen molar-refractivity contribution < 1.29 is 4.79 Å². The van der Waals surface area contributed by atoms with Crippen molar-refractivity contribution in [3.63, 3.8) is 0 Å². The van der Waals surface area contributed by atoms with E-state index in [9.17, 15) is 9.59 Å². The maximum Gasteiger partial charge on any atom is 0.266 e. The van der Waals surface area contributed by atoms with Gasteiger partial charge in [-0.1, -0.05) is 62.9 Å². The molecule has 0 bridgehead atoms. The molecule has 1 heterocycles. The van der Waals surface area contributed by atoms with Crippen LogP contribution in [-0.4, -0.2) is 26.9 Å². The molecule has 1 aromatic heterocycles. The number of aromatic nitrogens is 2. The number of nitrogens with zero attached hydrogens (tertiary/aromatic N) is 3. The van der Waals surface area contributed by atoms with E-state index >= 15 is 0 Å². The highest BCUT2D eigenvalue weighted by molar-refractivity contribution is 5.80. The Morgan fingerprint density at radius 3 is 2.36 bits per heavy atom. The largest absolute Gasteiger partial charge is 0.332 e. The monoisotopic (exact) mass is 445 g/mol. The van der Waals surface area contributed by atoms with Gasteiger partial charge >= 0.3 is 0 Å². The van der Waals surface area contributed by atoms with Gasteiger partial charge < -0.3 is 4.90 Å². The van der Waals surface area contributed by atoms with Gasteiger partial charge in [-0.05, 0) is 56.9 Å². The van der Waals surface area contributed by atoms with E-state index in [1.165, 1.54) is 6.42 Å². The zero-order valence-electron chi connectivity index (χ0n) is 20.3. The third-order valence-electron chi connectivity index (χ3n) is 6.73. The second-order valence-electron chi connectivity index (χ2n) is 9.86. The minimum absolute atomic E-state index is 0.0694. The predicted octanol–water partition coefficient (Wildman–Crippen LogP) is 5.82. The van der Waals surface area contributed by atoms with Crippen LogP contribution in [-0.2, 0) is 4.79 Å². The number of para-hydroxylation sites is 1. The summed E-state index contributed by atoms with van der Waals surface area (Å²) in [5.74, 6) is 1.21. The standard InChI is InChI=1S/C28H35N3O2/c1-19(2)18-30(27(32)22-10-6-5-7-11-22)21(4)26-29-25-13-9-8-12-24(25)28(33)31(26)23-16-14-20(3)15-17-23/h8-9,12-17,19,21-22H,5-7,10-11,18H2,1-4H3. The molecule has 1 saturated carbocycles. The predicted molar refractivity (Wildman–Crippen MR) is 134 cm³/mol. The Hall–Kier alpha value is -2.95. The number of rotatable bonds is 6. The highest BCUT2D eigenvalue weighted by Gasteiger charge is 2.32. The van der Waals surface area contributed by atoms with E-state index in [1.807, 2.05) is 67.3 Å². The fraction of sp³-hybridized carbons (Fsp3) is 0.464. The molecule has 2 aromatic carbocycles. The van der Waals surface area contributed by atoms with Crippen LogP contribution in [0.15, 0.2) is 53.3 Å². The summed E-state index contributed by atoms with van der Waals surface area (Å²) in [6.45, 7) is 8.96. The van der Waals surface area contributed by atoms with E-state index in [0.29, 0.717) is 29.2 Å². The maximum atomic E-state index is 13.7. The molecule has 0 aliphatic heterocycles. The van der Waals surface area contributed by atoms with Crippen LogP contribution in [0.3, 0.4) is 0 Å². The summed E-state index contributed by atoms with van der Waals surface area (Å²) >= 11 is 0. The summed E-state index contributed by atoms with van der Waals surface area (Å²) in [6.07, 6.45) is 5.35. The van der Waals surface area contributed by atoms with Crippen molar-refractivity contribution in [3.8, 4) is 5.69 Å². The van der Waals surface area contributed by atoms with Gasteiger partial charge in [0, 0.05) is 12.5 Å². The first-order chi connectivity index (χ1) is 15.9. The molecule has 1 fully saturated rings. The quantitative estimate of drug-likeness (QED) is 0.480. The molecular weight excluding hydrogens is 410 g/mol. The summed E-state index contributed by atoms with van der Waals surface area (Å²) in [6, 6.07) is 15.1. The van der Waals surface area contributed by atoms with E-state index in [2.05, 4.69) is 13.8 Å². The van der Waals surface area contributed by atoms with Crippen LogP contribution in [0.4, 0.5) is 0 Å². The minimum Gasteiger partial charge on any atom is -0.332 e. The first kappa shape index (κ1) is 23.2. The summed E-state index contributed by atoms with van der Waals surface area (Å²) in [7, 11) is 0. The average Bonchev–Trinajstić information content (AvgIpc) is 2.83. The molecule has 3 aromatic rings. The van der Waals surface area contributed by atoms with Gasteiger partial charge in [-0.2, -0.15) is 0 Å². The van der Waals surface area contributed by atoms with E-state index in [-0.39, 0.29) is 23.4 Å². The normalized spacial score (nSPS) is 15.7. The molecule has 1 aliphatic rings. The van der Waals surface area contributed by atoms with Gasteiger partial charge in [-0.25, -0.2) is 4.98 Å². The van der Waals surface area contributed by atoms with Crippen molar-refractivity contribution in [2.45, 2.75) is 65.8 Å². The Morgan fingerprint density at radius 1 is 1.03 bits per heavy atom. The molecule has 0 spiro atoms. The van der Waals surface area contributed by atoms with Crippen molar-refractivity contribution in [2.24, 2.45) is 11.8 Å². The second kappa shape index (κ2) is 9.90. The molecule has 1 atom stereocenters. The van der Waals surface area contributed by atoms with Gasteiger partial charge in [-0.15, -0.1) is 0 Å². The lowest BCUT2D eigenvalue weighted by Gasteiger charge is -2.35. The van der Waals surface area contributed by atoms with Crippen molar-refractivity contribution in [1.82, 2.24) is 14.5 Å². The molecule has 1 aliphatic carbocycles. The highest BCUT2D eigenvalue weighted by atomic mass is 16.2. The molecule has 5 nitrogen and oxygen atoms in total. The van der Waals surface area contributed by atoms with Gasteiger partial charge in [0.25, 0.3) is 5.56 Å². The SMILES string of the molecule is Cc1ccc(-n2c(C(C)N(CC(C)C)C(=O)C3CCCCC3)nc3ccccc3c2=O)cc1. The summed E-state index contributed by atoms with van der Waals surface area (Å²) in [5, 5.41) is 0.586. The Kier molecular flexibility index (Phi) is 6.96. The van der Waals surface area contributed by atoms with Crippen LogP contribution in [0.25, 0.3) is 16.6 Å². The third-order valence-corrected chi connectivity index (χ3v) is 6.73. The van der Waals surface area contributed by atoms with Gasteiger partial charge in [0.2, 0.25) is 5.91 Å². The van der Waals surface area contributed by atoms with Gasteiger partial charge in [0.05, 0.1) is 22.6 Å². The van der Waals surface area contributed by atoms with E-state index in [4.69, 9.17) is 4.98 Å². The third kappa shape index (κ3) is 4.87. The molecular formula is C28H35N3O2. The number of carbonyl (C=O) groups excluding carboxylic acids is 1. The van der Waals surface area contributed by atoms with Gasteiger partial charge in [0.1, 0.15) is 5.82 Å². The van der Waals surface area contributed by atoms with Crippen LogP contribution in [0.1, 0.15) is 70.3 Å². The Balaban J connectivity index is 1.86. The van der Waals surface area contributed by atoms with Crippen molar-refractivity contribution in [3.05, 3.63) is 70.3 Å². The first-order valence-corrected chi connectivity index (χ1v) is 12.3. The maximum absolute atomic E-state index is 13.7. The zero-order valence-corrected chi connectivity index (χ0v) is 20.3. The minimum atomic E-state index is -0.319. The van der Waals surface area contributed by atoms with Crippen LogP contribution < -0.4 is 5.56 Å². The molecule has 4 rings (SSSR count). The number of hydrogen-bond donors (Lipinski definition) is 0. The number of benzene rings is 2. The molecule has 1 unspecified atom stereocenters. The molecule has 0 saturated heterocycles. The topological polar surface area (TPSA) is 55.2 Å². The number of aryl methyl sites for hydroxylation is 1. The Bertz CT molecular complexity index is 1170. The number of fused-ring (bicyclic) bond motifs is 1. The first-order valence-electron chi connectivity index (χ1n) is 12.3. The summed E-state index contributed by atoms with van der Waals surface area (Å²) < 4.78 is 1.70. The lowest BCUT2D eigenvalue weighted by atomic mass is 9.87. The second-order valence-corrected chi connectivity index (χ2v) is 9.86. The van der Waals surface area contributed by atoms with Crippen molar-refractivity contribution in [2.75, 3.05) is 6.54 Å². The molecule has 5 heteroatoms.